The van der Waals surface area contributed by atoms with E-state index in [-0.39, 0.29) is 0 Å². The monoisotopic (exact) mass is 252 g/mol. The van der Waals surface area contributed by atoms with Gasteiger partial charge in [0.25, 0.3) is 0 Å². The molecular formula is C14H24N2S. The average Bonchev–Trinajstić information content (AvgIpc) is 2.69. The van der Waals surface area contributed by atoms with Gasteiger partial charge in [0.05, 0.1) is 0 Å². The van der Waals surface area contributed by atoms with Crippen LogP contribution in [0.4, 0.5) is 0 Å². The Morgan fingerprint density at radius 1 is 1.53 bits per heavy atom. The highest BCUT2D eigenvalue weighted by atomic mass is 32.1. The topological polar surface area (TPSA) is 29.3 Å². The third kappa shape index (κ3) is 3.09. The Kier molecular flexibility index (Phi) is 4.23. The lowest BCUT2D eigenvalue weighted by molar-refractivity contribution is 0.182. The molecule has 3 heteroatoms. The molecule has 0 amide bonds. The van der Waals surface area contributed by atoms with Crippen molar-refractivity contribution in [3.05, 3.63) is 21.9 Å². The fourth-order valence-electron chi connectivity index (χ4n) is 2.79. The third-order valence-corrected chi connectivity index (χ3v) is 4.64. The Hall–Kier alpha value is -0.380. The number of rotatable bonds is 4. The van der Waals surface area contributed by atoms with Crippen LogP contribution < -0.4 is 5.73 Å². The maximum Gasteiger partial charge on any atom is 0.0331 e. The summed E-state index contributed by atoms with van der Waals surface area (Å²) in [5.74, 6) is 0.696. The molecule has 0 aliphatic carbocycles. The van der Waals surface area contributed by atoms with Gasteiger partial charge in [-0.25, -0.2) is 0 Å². The summed E-state index contributed by atoms with van der Waals surface area (Å²) in [5, 5.41) is 2.22. The summed E-state index contributed by atoms with van der Waals surface area (Å²) in [5.41, 5.74) is 7.75. The number of nitrogens with zero attached hydrogens (tertiary/aromatic N) is 1. The number of thiophene rings is 1. The molecule has 2 unspecified atom stereocenters. The van der Waals surface area contributed by atoms with Gasteiger partial charge in [-0.15, -0.1) is 11.3 Å². The molecule has 0 spiro atoms. The Labute approximate surface area is 109 Å². The maximum atomic E-state index is 6.22. The molecule has 96 valence electrons. The molecule has 1 aliphatic heterocycles. The largest absolute Gasteiger partial charge is 0.327 e. The molecule has 0 fully saturated rings. The number of nitrogens with two attached hydrogens (primary N) is 1. The summed E-state index contributed by atoms with van der Waals surface area (Å²) in [6.07, 6.45) is 2.32. The molecule has 2 heterocycles. The maximum absolute atomic E-state index is 6.22. The lowest BCUT2D eigenvalue weighted by atomic mass is 9.98. The van der Waals surface area contributed by atoms with E-state index in [1.807, 2.05) is 11.3 Å². The molecule has 2 N–H and O–H groups in total. The highest BCUT2D eigenvalue weighted by molar-refractivity contribution is 7.10. The van der Waals surface area contributed by atoms with Crippen LogP contribution in [0.25, 0.3) is 0 Å². The van der Waals surface area contributed by atoms with Crippen molar-refractivity contribution in [2.24, 2.45) is 11.7 Å². The van der Waals surface area contributed by atoms with Gasteiger partial charge in [0.15, 0.2) is 0 Å². The van der Waals surface area contributed by atoms with E-state index in [1.54, 1.807) is 4.88 Å². The molecule has 1 aliphatic rings. The normalized spacial score (nSPS) is 22.8. The van der Waals surface area contributed by atoms with Gasteiger partial charge in [-0.1, -0.05) is 13.8 Å². The fraction of sp³-hybridized carbons (Fsp3) is 0.714. The fourth-order valence-corrected chi connectivity index (χ4v) is 3.75. The van der Waals surface area contributed by atoms with E-state index in [1.165, 1.54) is 18.5 Å². The Bertz CT molecular complexity index is 359. The lowest BCUT2D eigenvalue weighted by Gasteiger charge is -2.35. The van der Waals surface area contributed by atoms with Crippen molar-refractivity contribution in [2.75, 3.05) is 13.1 Å². The van der Waals surface area contributed by atoms with E-state index in [9.17, 15) is 0 Å². The molecule has 0 radical (unpaired) electrons. The van der Waals surface area contributed by atoms with Gasteiger partial charge in [0, 0.05) is 30.1 Å². The van der Waals surface area contributed by atoms with Crippen LogP contribution in [0, 0.1) is 5.92 Å². The zero-order valence-electron chi connectivity index (χ0n) is 11.1. The summed E-state index contributed by atoms with van der Waals surface area (Å²) >= 11 is 1.90. The first kappa shape index (κ1) is 13.1. The van der Waals surface area contributed by atoms with Gasteiger partial charge < -0.3 is 5.73 Å². The second kappa shape index (κ2) is 5.51. The third-order valence-electron chi connectivity index (χ3n) is 3.65. The summed E-state index contributed by atoms with van der Waals surface area (Å²) in [7, 11) is 0. The van der Waals surface area contributed by atoms with Crippen molar-refractivity contribution in [1.29, 1.82) is 0 Å². The van der Waals surface area contributed by atoms with Crippen molar-refractivity contribution in [3.63, 3.8) is 0 Å². The van der Waals surface area contributed by atoms with Crippen LogP contribution in [0.3, 0.4) is 0 Å². The number of hydrogen-bond acceptors (Lipinski definition) is 3. The van der Waals surface area contributed by atoms with Crippen LogP contribution >= 0.6 is 11.3 Å². The van der Waals surface area contributed by atoms with Gasteiger partial charge in [-0.3, -0.25) is 4.90 Å². The Morgan fingerprint density at radius 2 is 2.29 bits per heavy atom. The van der Waals surface area contributed by atoms with Gasteiger partial charge in [-0.2, -0.15) is 0 Å². The van der Waals surface area contributed by atoms with Crippen LogP contribution in [0.2, 0.25) is 0 Å². The average molecular weight is 252 g/mol. The second-order valence-corrected chi connectivity index (χ2v) is 6.61. The minimum Gasteiger partial charge on any atom is -0.327 e. The van der Waals surface area contributed by atoms with Gasteiger partial charge in [0.2, 0.25) is 0 Å². The first-order chi connectivity index (χ1) is 8.08. The number of fused-ring (bicyclic) bond motifs is 1. The molecule has 0 saturated heterocycles. The zero-order chi connectivity index (χ0) is 12.4. The Balaban J connectivity index is 1.96. The highest BCUT2D eigenvalue weighted by Crippen LogP contribution is 2.32. The van der Waals surface area contributed by atoms with E-state index in [0.29, 0.717) is 18.0 Å². The molecule has 1 aromatic rings. The van der Waals surface area contributed by atoms with Gasteiger partial charge >= 0.3 is 0 Å². The molecule has 1 aromatic heterocycles. The standard InChI is InChI=1S/C14H24N2S/c1-10(2)8-12(15)9-16-6-4-14-13(11(16)3)5-7-17-14/h5,7,10-12H,4,6,8-9,15H2,1-3H3. The van der Waals surface area contributed by atoms with Crippen LogP contribution in [0.15, 0.2) is 11.4 Å². The minimum atomic E-state index is 0.317. The molecule has 0 aromatic carbocycles. The van der Waals surface area contributed by atoms with Crippen LogP contribution in [-0.4, -0.2) is 24.0 Å². The summed E-state index contributed by atoms with van der Waals surface area (Å²) in [4.78, 5) is 4.12. The van der Waals surface area contributed by atoms with Crippen LogP contribution in [-0.2, 0) is 6.42 Å². The van der Waals surface area contributed by atoms with Crippen molar-refractivity contribution < 1.29 is 0 Å². The summed E-state index contributed by atoms with van der Waals surface area (Å²) in [6, 6.07) is 3.14. The predicted octanol–water partition coefficient (Wildman–Crippen LogP) is 3.04. The van der Waals surface area contributed by atoms with Crippen molar-refractivity contribution in [3.8, 4) is 0 Å². The quantitative estimate of drug-likeness (QED) is 0.892. The second-order valence-electron chi connectivity index (χ2n) is 5.61. The molecule has 2 atom stereocenters. The van der Waals surface area contributed by atoms with E-state index >= 15 is 0 Å². The molecule has 0 bridgehead atoms. The van der Waals surface area contributed by atoms with E-state index < -0.39 is 0 Å². The van der Waals surface area contributed by atoms with Gasteiger partial charge in [0.1, 0.15) is 0 Å². The van der Waals surface area contributed by atoms with Crippen LogP contribution in [0.5, 0.6) is 0 Å². The number of hydrogen-bond donors (Lipinski definition) is 1. The van der Waals surface area contributed by atoms with E-state index in [2.05, 4.69) is 37.1 Å². The molecule has 0 saturated carbocycles. The molecule has 2 nitrogen and oxygen atoms in total. The summed E-state index contributed by atoms with van der Waals surface area (Å²) in [6.45, 7) is 9.01. The van der Waals surface area contributed by atoms with Gasteiger partial charge in [-0.05, 0) is 42.7 Å². The smallest absolute Gasteiger partial charge is 0.0331 e. The summed E-state index contributed by atoms with van der Waals surface area (Å²) < 4.78 is 0. The predicted molar refractivity (Wildman–Crippen MR) is 75.4 cm³/mol. The van der Waals surface area contributed by atoms with E-state index in [0.717, 1.165) is 13.0 Å². The SMILES string of the molecule is CC(C)CC(N)CN1CCc2sccc2C1C. The molecule has 17 heavy (non-hydrogen) atoms. The first-order valence-corrected chi connectivity index (χ1v) is 7.51. The van der Waals surface area contributed by atoms with Crippen molar-refractivity contribution >= 4 is 11.3 Å². The molecule has 2 rings (SSSR count). The van der Waals surface area contributed by atoms with E-state index in [4.69, 9.17) is 5.73 Å². The van der Waals surface area contributed by atoms with Crippen molar-refractivity contribution in [2.45, 2.75) is 45.7 Å². The Morgan fingerprint density at radius 3 is 3.00 bits per heavy atom. The zero-order valence-corrected chi connectivity index (χ0v) is 12.0. The highest BCUT2D eigenvalue weighted by Gasteiger charge is 2.25. The first-order valence-electron chi connectivity index (χ1n) is 6.63. The minimum absolute atomic E-state index is 0.317. The van der Waals surface area contributed by atoms with Crippen LogP contribution in [0.1, 0.15) is 43.7 Å². The van der Waals surface area contributed by atoms with Crippen molar-refractivity contribution in [1.82, 2.24) is 4.90 Å². The lowest BCUT2D eigenvalue weighted by Crippen LogP contribution is -2.42. The molecular weight excluding hydrogens is 228 g/mol.